The van der Waals surface area contributed by atoms with Crippen molar-refractivity contribution in [3.8, 4) is 11.5 Å². The molecule has 2 aromatic carbocycles. The van der Waals surface area contributed by atoms with Crippen molar-refractivity contribution < 1.29 is 19.1 Å². The molecule has 6 rings (SSSR count). The van der Waals surface area contributed by atoms with E-state index in [4.69, 9.17) is 9.47 Å². The summed E-state index contributed by atoms with van der Waals surface area (Å²) in [4.78, 5) is 30.7. The Balaban J connectivity index is 1.60. The Labute approximate surface area is 160 Å². The van der Waals surface area contributed by atoms with Crippen molar-refractivity contribution in [2.45, 2.75) is 18.5 Å². The van der Waals surface area contributed by atoms with Crippen LogP contribution in [0.4, 0.5) is 0 Å². The molecular weight excluding hydrogens is 358 g/mol. The fourth-order valence-corrected chi connectivity index (χ4v) is 4.60. The maximum atomic E-state index is 12.9. The van der Waals surface area contributed by atoms with Crippen LogP contribution in [0.25, 0.3) is 10.9 Å². The molecule has 0 saturated carbocycles. The van der Waals surface area contributed by atoms with E-state index >= 15 is 0 Å². The van der Waals surface area contributed by atoms with Crippen LogP contribution in [0.5, 0.6) is 11.5 Å². The third-order valence-electron chi connectivity index (χ3n) is 5.85. The Kier molecular flexibility index (Phi) is 3.06. The zero-order valence-electron chi connectivity index (χ0n) is 14.9. The molecule has 7 nitrogen and oxygen atoms in total. The Morgan fingerprint density at radius 1 is 1.04 bits per heavy atom. The molecule has 2 amide bonds. The molecule has 2 N–H and O–H groups in total. The second-order valence-corrected chi connectivity index (χ2v) is 7.32. The highest BCUT2D eigenvalue weighted by Gasteiger charge is 2.45. The first kappa shape index (κ1) is 15.6. The lowest BCUT2D eigenvalue weighted by atomic mass is 9.86. The second-order valence-electron chi connectivity index (χ2n) is 7.32. The largest absolute Gasteiger partial charge is 0.454 e. The van der Waals surface area contributed by atoms with Crippen molar-refractivity contribution in [2.75, 3.05) is 13.3 Å². The lowest BCUT2D eigenvalue weighted by Gasteiger charge is -2.44. The molecule has 140 valence electrons. The third-order valence-corrected chi connectivity index (χ3v) is 5.85. The van der Waals surface area contributed by atoms with Crippen molar-refractivity contribution in [3.05, 3.63) is 59.3 Å². The first-order valence-electron chi connectivity index (χ1n) is 9.28. The van der Waals surface area contributed by atoms with Gasteiger partial charge in [-0.15, -0.1) is 0 Å². The average Bonchev–Trinajstić information content (AvgIpc) is 3.33. The minimum atomic E-state index is -0.525. The fourth-order valence-electron chi connectivity index (χ4n) is 4.60. The molecule has 3 aromatic rings. The third kappa shape index (κ3) is 2.04. The zero-order valence-corrected chi connectivity index (χ0v) is 14.9. The Bertz CT molecular complexity index is 1150. The van der Waals surface area contributed by atoms with Crippen molar-refractivity contribution in [3.63, 3.8) is 0 Å². The number of hydrogen-bond acceptors (Lipinski definition) is 4. The van der Waals surface area contributed by atoms with Gasteiger partial charge in [-0.3, -0.25) is 9.59 Å². The number of fused-ring (bicyclic) bond motifs is 5. The van der Waals surface area contributed by atoms with E-state index in [-0.39, 0.29) is 31.2 Å². The van der Waals surface area contributed by atoms with Crippen molar-refractivity contribution >= 4 is 22.7 Å². The monoisotopic (exact) mass is 375 g/mol. The molecule has 0 bridgehead atoms. The van der Waals surface area contributed by atoms with Crippen LogP contribution in [0.3, 0.4) is 0 Å². The summed E-state index contributed by atoms with van der Waals surface area (Å²) in [5, 5.41) is 3.82. The summed E-state index contributed by atoms with van der Waals surface area (Å²) in [5.41, 5.74) is 3.94. The Morgan fingerprint density at radius 3 is 2.82 bits per heavy atom. The number of aromatic amines is 1. The molecule has 3 aliphatic heterocycles. The molecule has 7 heteroatoms. The Hall–Kier alpha value is -3.48. The summed E-state index contributed by atoms with van der Waals surface area (Å²) in [7, 11) is 0. The highest BCUT2D eigenvalue weighted by molar-refractivity contribution is 5.97. The maximum Gasteiger partial charge on any atom is 0.243 e. The summed E-state index contributed by atoms with van der Waals surface area (Å²) in [6, 6.07) is 12.8. The van der Waals surface area contributed by atoms with Crippen LogP contribution < -0.4 is 14.8 Å². The standard InChI is InChI=1S/C21H17N3O4/c25-18-9-22-21(26)15-8-13-12-3-1-2-4-14(12)23-19(13)20(24(15)18)11-5-6-16-17(7-11)28-10-27-16/h1-7,15,20,23H,8-10H2,(H,22,26)/t15?,20-/m1/s1. The van der Waals surface area contributed by atoms with Gasteiger partial charge in [-0.2, -0.15) is 0 Å². The van der Waals surface area contributed by atoms with Gasteiger partial charge in [-0.1, -0.05) is 24.3 Å². The molecule has 3 aliphatic rings. The molecule has 1 fully saturated rings. The maximum absolute atomic E-state index is 12.9. The fraction of sp³-hybridized carbons (Fsp3) is 0.238. The van der Waals surface area contributed by atoms with E-state index in [2.05, 4.69) is 16.4 Å². The van der Waals surface area contributed by atoms with Crippen LogP contribution in [0, 0.1) is 0 Å². The predicted octanol–water partition coefficient (Wildman–Crippen LogP) is 1.87. The van der Waals surface area contributed by atoms with E-state index in [1.807, 2.05) is 36.4 Å². The SMILES string of the molecule is O=C1NCC(=O)N2C1Cc1c([nH]c3ccccc13)[C@H]2c1ccc2c(c1)OCO2. The van der Waals surface area contributed by atoms with Crippen LogP contribution in [-0.2, 0) is 16.0 Å². The van der Waals surface area contributed by atoms with E-state index in [9.17, 15) is 9.59 Å². The van der Waals surface area contributed by atoms with Gasteiger partial charge in [-0.05, 0) is 29.3 Å². The highest BCUT2D eigenvalue weighted by Crippen LogP contribution is 2.44. The molecule has 0 radical (unpaired) electrons. The predicted molar refractivity (Wildman–Crippen MR) is 100 cm³/mol. The molecule has 0 spiro atoms. The molecule has 28 heavy (non-hydrogen) atoms. The van der Waals surface area contributed by atoms with E-state index in [1.54, 1.807) is 4.90 Å². The number of benzene rings is 2. The summed E-state index contributed by atoms with van der Waals surface area (Å²) in [6.07, 6.45) is 0.498. The van der Waals surface area contributed by atoms with Crippen LogP contribution >= 0.6 is 0 Å². The number of ether oxygens (including phenoxy) is 2. The summed E-state index contributed by atoms with van der Waals surface area (Å²) >= 11 is 0. The lowest BCUT2D eigenvalue weighted by Crippen LogP contribution is -2.61. The number of piperazine rings is 1. The van der Waals surface area contributed by atoms with Crippen LogP contribution in [0.2, 0.25) is 0 Å². The van der Waals surface area contributed by atoms with Crippen LogP contribution in [-0.4, -0.2) is 41.1 Å². The van der Waals surface area contributed by atoms with Gasteiger partial charge >= 0.3 is 0 Å². The quantitative estimate of drug-likeness (QED) is 0.680. The number of carbonyl (C=O) groups excluding carboxylic acids is 2. The zero-order chi connectivity index (χ0) is 18.8. The molecular formula is C21H17N3O4. The highest BCUT2D eigenvalue weighted by atomic mass is 16.7. The van der Waals surface area contributed by atoms with Crippen LogP contribution in [0.1, 0.15) is 22.9 Å². The molecule has 2 atom stereocenters. The minimum Gasteiger partial charge on any atom is -0.454 e. The second kappa shape index (κ2) is 5.51. The lowest BCUT2D eigenvalue weighted by molar-refractivity contribution is -0.148. The molecule has 0 aliphatic carbocycles. The number of aromatic nitrogens is 1. The number of rotatable bonds is 1. The van der Waals surface area contributed by atoms with Gasteiger partial charge in [-0.25, -0.2) is 0 Å². The van der Waals surface area contributed by atoms with Crippen molar-refractivity contribution in [1.82, 2.24) is 15.2 Å². The van der Waals surface area contributed by atoms with Gasteiger partial charge in [0.1, 0.15) is 6.04 Å². The first-order chi connectivity index (χ1) is 13.7. The summed E-state index contributed by atoms with van der Waals surface area (Å²) < 4.78 is 11.0. The Morgan fingerprint density at radius 2 is 1.89 bits per heavy atom. The summed E-state index contributed by atoms with van der Waals surface area (Å²) in [5.74, 6) is 1.15. The molecule has 1 saturated heterocycles. The minimum absolute atomic E-state index is 0.0198. The molecule has 1 unspecified atom stereocenters. The van der Waals surface area contributed by atoms with E-state index in [0.717, 1.165) is 27.7 Å². The van der Waals surface area contributed by atoms with Gasteiger partial charge in [0.2, 0.25) is 18.6 Å². The first-order valence-corrected chi connectivity index (χ1v) is 9.28. The van der Waals surface area contributed by atoms with E-state index in [1.165, 1.54) is 0 Å². The number of H-pyrrole nitrogens is 1. The topological polar surface area (TPSA) is 83.7 Å². The number of carbonyl (C=O) groups is 2. The number of nitrogens with zero attached hydrogens (tertiary/aromatic N) is 1. The number of hydrogen-bond donors (Lipinski definition) is 2. The normalized spacial score (nSPS) is 22.8. The smallest absolute Gasteiger partial charge is 0.243 e. The van der Waals surface area contributed by atoms with Gasteiger partial charge in [0.15, 0.2) is 11.5 Å². The molecule has 4 heterocycles. The van der Waals surface area contributed by atoms with Gasteiger partial charge in [0, 0.05) is 23.0 Å². The van der Waals surface area contributed by atoms with E-state index in [0.29, 0.717) is 17.9 Å². The van der Waals surface area contributed by atoms with E-state index < -0.39 is 6.04 Å². The number of para-hydroxylation sites is 1. The van der Waals surface area contributed by atoms with Gasteiger partial charge in [0.05, 0.1) is 12.6 Å². The number of amides is 2. The van der Waals surface area contributed by atoms with Gasteiger partial charge in [0.25, 0.3) is 0 Å². The summed E-state index contributed by atoms with van der Waals surface area (Å²) in [6.45, 7) is 0.209. The van der Waals surface area contributed by atoms with Gasteiger partial charge < -0.3 is 24.7 Å². The van der Waals surface area contributed by atoms with Crippen LogP contribution in [0.15, 0.2) is 42.5 Å². The number of nitrogens with one attached hydrogen (secondary N) is 2. The average molecular weight is 375 g/mol. The van der Waals surface area contributed by atoms with Crippen molar-refractivity contribution in [2.24, 2.45) is 0 Å². The van der Waals surface area contributed by atoms with Crippen molar-refractivity contribution in [1.29, 1.82) is 0 Å². The molecule has 1 aromatic heterocycles.